The number of hydrogen-bond acceptors (Lipinski definition) is 6. The molecule has 1 amide bonds. The van der Waals surface area contributed by atoms with Gasteiger partial charge in [0, 0.05) is 23.6 Å². The van der Waals surface area contributed by atoms with E-state index in [1.807, 2.05) is 6.07 Å². The number of non-ortho nitro benzene ring substituents is 1. The van der Waals surface area contributed by atoms with Crippen LogP contribution < -0.4 is 0 Å². The number of rotatable bonds is 7. The van der Waals surface area contributed by atoms with Gasteiger partial charge in [-0.05, 0) is 35.4 Å². The molecule has 31 heavy (non-hydrogen) atoms. The molecule has 0 radical (unpaired) electrons. The minimum atomic E-state index is -1.16. The van der Waals surface area contributed by atoms with Crippen molar-refractivity contribution in [1.82, 2.24) is 4.90 Å². The van der Waals surface area contributed by atoms with Crippen molar-refractivity contribution in [3.8, 4) is 0 Å². The number of hydrogen-bond donors (Lipinski definition) is 1. The first-order valence-corrected chi connectivity index (χ1v) is 10.5. The third-order valence-electron chi connectivity index (χ3n) is 4.37. The third-order valence-corrected chi connectivity index (χ3v) is 5.92. The van der Waals surface area contributed by atoms with Gasteiger partial charge in [-0.1, -0.05) is 65.9 Å². The summed E-state index contributed by atoms with van der Waals surface area (Å²) in [6.45, 7) is 0. The van der Waals surface area contributed by atoms with Crippen LogP contribution in [0.2, 0.25) is 0 Å². The minimum absolute atomic E-state index is 0.0488. The first kappa shape index (κ1) is 22.7. The van der Waals surface area contributed by atoms with Crippen molar-refractivity contribution in [3.63, 3.8) is 0 Å². The molecule has 1 N–H and O–H groups in total. The highest BCUT2D eigenvalue weighted by Crippen LogP contribution is 2.35. The standard InChI is InChI=1S/C21H15ClN2O5S2/c22-15(10-14-6-8-16(9-7-14)24(28)29)12-18-19(25)23(21(30)31-18)17(20(26)27)11-13-4-2-1-3-5-13/h1-10,12,17H,11H2,(H,26,27)/b15-10-,18-12-/t17-/m1/s1. The van der Waals surface area contributed by atoms with Gasteiger partial charge in [-0.2, -0.15) is 0 Å². The predicted molar refractivity (Wildman–Crippen MR) is 124 cm³/mol. The Labute approximate surface area is 192 Å². The minimum Gasteiger partial charge on any atom is -0.480 e. The number of nitro benzene ring substituents is 1. The summed E-state index contributed by atoms with van der Waals surface area (Å²) in [4.78, 5) is 36.3. The molecule has 0 bridgehead atoms. The molecule has 7 nitrogen and oxygen atoms in total. The van der Waals surface area contributed by atoms with Crippen molar-refractivity contribution in [2.24, 2.45) is 0 Å². The molecule has 1 fully saturated rings. The fraction of sp³-hybridized carbons (Fsp3) is 0.0952. The molecule has 158 valence electrons. The number of halogens is 1. The van der Waals surface area contributed by atoms with E-state index in [1.165, 1.54) is 36.4 Å². The largest absolute Gasteiger partial charge is 0.480 e. The summed E-state index contributed by atoms with van der Waals surface area (Å²) in [6.07, 6.45) is 3.06. The third kappa shape index (κ3) is 5.57. The van der Waals surface area contributed by atoms with Crippen LogP contribution in [-0.4, -0.2) is 37.2 Å². The SMILES string of the molecule is O=C(O)[C@@H](Cc1ccccc1)N1C(=O)/C(=C/C(Cl)=C/c2ccc([N+](=O)[O-])cc2)SC1=S. The van der Waals surface area contributed by atoms with Gasteiger partial charge in [0.05, 0.1) is 9.83 Å². The zero-order valence-corrected chi connectivity index (χ0v) is 18.2. The van der Waals surface area contributed by atoms with E-state index in [0.717, 1.165) is 22.2 Å². The second kappa shape index (κ2) is 9.86. The summed E-state index contributed by atoms with van der Waals surface area (Å²) in [5.41, 5.74) is 1.33. The molecule has 0 unspecified atom stereocenters. The summed E-state index contributed by atoms with van der Waals surface area (Å²) in [6, 6.07) is 13.6. The monoisotopic (exact) mass is 474 g/mol. The van der Waals surface area contributed by atoms with Crippen molar-refractivity contribution in [2.45, 2.75) is 12.5 Å². The summed E-state index contributed by atoms with van der Waals surface area (Å²) >= 11 is 12.5. The lowest BCUT2D eigenvalue weighted by atomic mass is 10.0. The lowest BCUT2D eigenvalue weighted by molar-refractivity contribution is -0.384. The zero-order valence-electron chi connectivity index (χ0n) is 15.8. The molecular weight excluding hydrogens is 460 g/mol. The Kier molecular flexibility index (Phi) is 7.21. The first-order chi connectivity index (χ1) is 14.8. The quantitative estimate of drug-likeness (QED) is 0.270. The van der Waals surface area contributed by atoms with Crippen LogP contribution in [0.4, 0.5) is 5.69 Å². The van der Waals surface area contributed by atoms with E-state index >= 15 is 0 Å². The lowest BCUT2D eigenvalue weighted by Gasteiger charge is -2.23. The molecule has 0 aliphatic carbocycles. The van der Waals surface area contributed by atoms with Crippen LogP contribution in [-0.2, 0) is 16.0 Å². The van der Waals surface area contributed by atoms with Gasteiger partial charge < -0.3 is 5.11 Å². The van der Waals surface area contributed by atoms with Crippen molar-refractivity contribution in [3.05, 3.63) is 91.9 Å². The Bertz CT molecular complexity index is 1100. The molecule has 0 spiro atoms. The second-order valence-corrected chi connectivity index (χ2v) is 8.59. The molecule has 2 aromatic carbocycles. The van der Waals surface area contributed by atoms with Gasteiger partial charge in [-0.25, -0.2) is 4.79 Å². The van der Waals surface area contributed by atoms with E-state index in [-0.39, 0.29) is 26.4 Å². The number of carboxylic acid groups (broad SMARTS) is 1. The zero-order chi connectivity index (χ0) is 22.5. The van der Waals surface area contributed by atoms with Gasteiger partial charge in [0.1, 0.15) is 10.4 Å². The number of carbonyl (C=O) groups excluding carboxylic acids is 1. The molecule has 1 atom stereocenters. The highest BCUT2D eigenvalue weighted by atomic mass is 35.5. The maximum absolute atomic E-state index is 12.9. The molecule has 0 saturated carbocycles. The summed E-state index contributed by atoms with van der Waals surface area (Å²) in [5.74, 6) is -1.69. The normalized spacial score (nSPS) is 16.6. The molecule has 3 rings (SSSR count). The van der Waals surface area contributed by atoms with Crippen LogP contribution in [0.1, 0.15) is 11.1 Å². The summed E-state index contributed by atoms with van der Waals surface area (Å²) < 4.78 is 0.138. The Balaban J connectivity index is 1.81. The van der Waals surface area contributed by atoms with Crippen LogP contribution in [0.25, 0.3) is 6.08 Å². The van der Waals surface area contributed by atoms with Crippen LogP contribution >= 0.6 is 35.6 Å². The van der Waals surface area contributed by atoms with Crippen LogP contribution in [0.3, 0.4) is 0 Å². The number of carbonyl (C=O) groups is 2. The predicted octanol–water partition coefficient (Wildman–Crippen LogP) is 4.61. The van der Waals surface area contributed by atoms with E-state index < -0.39 is 22.8 Å². The smallest absolute Gasteiger partial charge is 0.327 e. The Morgan fingerprint density at radius 2 is 1.87 bits per heavy atom. The van der Waals surface area contributed by atoms with Crippen LogP contribution in [0.15, 0.2) is 70.6 Å². The average Bonchev–Trinajstić information content (AvgIpc) is 3.00. The summed E-state index contributed by atoms with van der Waals surface area (Å²) in [7, 11) is 0. The lowest BCUT2D eigenvalue weighted by Crippen LogP contribution is -2.45. The highest BCUT2D eigenvalue weighted by molar-refractivity contribution is 8.26. The number of benzene rings is 2. The average molecular weight is 475 g/mol. The number of thioether (sulfide) groups is 1. The van der Waals surface area contributed by atoms with Gasteiger partial charge in [-0.3, -0.25) is 19.8 Å². The molecule has 10 heteroatoms. The van der Waals surface area contributed by atoms with Gasteiger partial charge in [0.2, 0.25) is 0 Å². The number of carboxylic acids is 1. The number of amides is 1. The van der Waals surface area contributed by atoms with Crippen molar-refractivity contribution in [2.75, 3.05) is 0 Å². The number of nitrogens with zero attached hydrogens (tertiary/aromatic N) is 2. The van der Waals surface area contributed by atoms with Gasteiger partial charge in [0.15, 0.2) is 0 Å². The Morgan fingerprint density at radius 1 is 1.23 bits per heavy atom. The van der Waals surface area contributed by atoms with Crippen LogP contribution in [0.5, 0.6) is 0 Å². The van der Waals surface area contributed by atoms with Crippen molar-refractivity contribution < 1.29 is 19.6 Å². The van der Waals surface area contributed by atoms with E-state index in [0.29, 0.717) is 5.56 Å². The fourth-order valence-electron chi connectivity index (χ4n) is 2.89. The number of aliphatic carboxylic acids is 1. The highest BCUT2D eigenvalue weighted by Gasteiger charge is 2.40. The Morgan fingerprint density at radius 3 is 2.45 bits per heavy atom. The molecule has 1 aliphatic rings. The number of allylic oxidation sites excluding steroid dienone is 2. The number of thiocarbonyl (C=S) groups is 1. The number of nitro groups is 1. The van der Waals surface area contributed by atoms with Crippen LogP contribution in [0, 0.1) is 10.1 Å². The van der Waals surface area contributed by atoms with E-state index in [4.69, 9.17) is 23.8 Å². The van der Waals surface area contributed by atoms with Gasteiger partial charge >= 0.3 is 5.97 Å². The van der Waals surface area contributed by atoms with E-state index in [1.54, 1.807) is 24.3 Å². The molecule has 1 aliphatic heterocycles. The second-order valence-electron chi connectivity index (χ2n) is 6.47. The molecule has 1 saturated heterocycles. The van der Waals surface area contributed by atoms with Gasteiger partial charge in [-0.15, -0.1) is 0 Å². The van der Waals surface area contributed by atoms with Crippen molar-refractivity contribution in [1.29, 1.82) is 0 Å². The van der Waals surface area contributed by atoms with Crippen molar-refractivity contribution >= 4 is 63.5 Å². The first-order valence-electron chi connectivity index (χ1n) is 8.91. The fourth-order valence-corrected chi connectivity index (χ4v) is 4.54. The molecule has 0 aromatic heterocycles. The maximum atomic E-state index is 12.9. The van der Waals surface area contributed by atoms with Gasteiger partial charge in [0.25, 0.3) is 11.6 Å². The molecule has 1 heterocycles. The molecular formula is C21H15ClN2O5S2. The maximum Gasteiger partial charge on any atom is 0.327 e. The van der Waals surface area contributed by atoms with E-state index in [9.17, 15) is 24.8 Å². The summed E-state index contributed by atoms with van der Waals surface area (Å²) in [5, 5.41) is 20.6. The topological polar surface area (TPSA) is 101 Å². The Hall–Kier alpha value is -3.01. The van der Waals surface area contributed by atoms with E-state index in [2.05, 4.69) is 0 Å². The molecule has 2 aromatic rings.